The predicted molar refractivity (Wildman–Crippen MR) is 56.9 cm³/mol. The van der Waals surface area contributed by atoms with E-state index < -0.39 is 0 Å². The summed E-state index contributed by atoms with van der Waals surface area (Å²) in [5.74, 6) is 0. The third-order valence-corrected chi connectivity index (χ3v) is 1.38. The Kier molecular flexibility index (Phi) is 13.6. The summed E-state index contributed by atoms with van der Waals surface area (Å²) in [4.78, 5) is 0. The number of aryl methyl sites for hydroxylation is 1. The summed E-state index contributed by atoms with van der Waals surface area (Å²) in [6.45, 7) is 2.08. The summed E-state index contributed by atoms with van der Waals surface area (Å²) in [7, 11) is 1.00. The van der Waals surface area contributed by atoms with Crippen molar-refractivity contribution >= 4 is 0 Å². The first-order valence-corrected chi connectivity index (χ1v) is 4.19. The fraction of sp³-hybridized carbons (Fsp3) is 0.167. The molecule has 0 fully saturated rings. The van der Waals surface area contributed by atoms with Gasteiger partial charge in [-0.15, -0.1) is 0 Å². The Labute approximate surface area is 96.6 Å². The largest absolute Gasteiger partial charge is 0.748 e. The first-order chi connectivity index (χ1) is 6.39. The van der Waals surface area contributed by atoms with E-state index in [0.29, 0.717) is 0 Å². The third kappa shape index (κ3) is 9.27. The fourth-order valence-electron chi connectivity index (χ4n) is 0.791. The molecule has 0 amide bonds. The molecule has 0 spiro atoms. The topological polar surface area (TPSA) is 20.2 Å². The SMILES string of the molecule is CO.C[c-]1cccc1.[Fe].[cH-]1[cH-][cH-][cH-][cH-]1. The van der Waals surface area contributed by atoms with Gasteiger partial charge in [-0.2, -0.15) is 17.7 Å². The third-order valence-electron chi connectivity index (χ3n) is 1.38. The minimum atomic E-state index is 0. The maximum atomic E-state index is 7.00. The van der Waals surface area contributed by atoms with Gasteiger partial charge in [-0.1, -0.05) is 6.92 Å². The van der Waals surface area contributed by atoms with Crippen molar-refractivity contribution in [2.45, 2.75) is 6.92 Å². The van der Waals surface area contributed by atoms with Crippen LogP contribution < -0.4 is 0 Å². The van der Waals surface area contributed by atoms with Crippen LogP contribution in [0.15, 0.2) is 54.6 Å². The molecular formula is C12H16FeO-6. The van der Waals surface area contributed by atoms with E-state index in [0.717, 1.165) is 7.11 Å². The minimum absolute atomic E-state index is 0. The van der Waals surface area contributed by atoms with E-state index in [2.05, 4.69) is 19.1 Å². The molecule has 0 unspecified atom stereocenters. The van der Waals surface area contributed by atoms with Crippen LogP contribution in [-0.2, 0) is 17.1 Å². The molecule has 2 aromatic rings. The Morgan fingerprint density at radius 2 is 1.14 bits per heavy atom. The van der Waals surface area contributed by atoms with E-state index in [1.807, 2.05) is 42.5 Å². The van der Waals surface area contributed by atoms with Crippen LogP contribution in [0.25, 0.3) is 0 Å². The van der Waals surface area contributed by atoms with E-state index in [1.54, 1.807) is 0 Å². The molecule has 0 aliphatic carbocycles. The molecule has 0 aliphatic heterocycles. The van der Waals surface area contributed by atoms with Gasteiger partial charge in [-0.05, 0) is 0 Å². The normalized spacial score (nSPS) is 7.07. The zero-order chi connectivity index (χ0) is 9.94. The number of hydrogen-bond acceptors (Lipinski definition) is 1. The van der Waals surface area contributed by atoms with Crippen LogP contribution >= 0.6 is 0 Å². The Morgan fingerprint density at radius 1 is 0.857 bits per heavy atom. The van der Waals surface area contributed by atoms with E-state index >= 15 is 0 Å². The smallest absolute Gasteiger partial charge is 0.0319 e. The second kappa shape index (κ2) is 12.2. The van der Waals surface area contributed by atoms with Crippen molar-refractivity contribution in [1.29, 1.82) is 0 Å². The zero-order valence-corrected chi connectivity index (χ0v) is 9.60. The van der Waals surface area contributed by atoms with E-state index in [1.165, 1.54) is 5.56 Å². The summed E-state index contributed by atoms with van der Waals surface area (Å²) < 4.78 is 0. The summed E-state index contributed by atoms with van der Waals surface area (Å²) >= 11 is 0. The second-order valence-corrected chi connectivity index (χ2v) is 2.42. The maximum Gasteiger partial charge on any atom is 0.0319 e. The average molecular weight is 232 g/mol. The summed E-state index contributed by atoms with van der Waals surface area (Å²) in [6.07, 6.45) is 0. The minimum Gasteiger partial charge on any atom is -0.748 e. The monoisotopic (exact) mass is 232 g/mol. The Balaban J connectivity index is 0. The first-order valence-electron chi connectivity index (χ1n) is 4.19. The van der Waals surface area contributed by atoms with Crippen molar-refractivity contribution in [3.8, 4) is 0 Å². The quantitative estimate of drug-likeness (QED) is 0.547. The molecule has 0 atom stereocenters. The van der Waals surface area contributed by atoms with Crippen LogP contribution in [0.3, 0.4) is 0 Å². The van der Waals surface area contributed by atoms with Crippen LogP contribution in [-0.4, -0.2) is 12.2 Å². The number of hydrogen-bond donors (Lipinski definition) is 1. The fourth-order valence-corrected chi connectivity index (χ4v) is 0.791. The molecule has 2 aromatic carbocycles. The second-order valence-electron chi connectivity index (χ2n) is 2.42. The van der Waals surface area contributed by atoms with Crippen LogP contribution in [0.1, 0.15) is 5.56 Å². The van der Waals surface area contributed by atoms with Gasteiger partial charge in [0.1, 0.15) is 0 Å². The van der Waals surface area contributed by atoms with Gasteiger partial charge < -0.3 is 35.4 Å². The molecule has 14 heavy (non-hydrogen) atoms. The van der Waals surface area contributed by atoms with Gasteiger partial charge in [0.05, 0.1) is 0 Å². The van der Waals surface area contributed by atoms with E-state index in [9.17, 15) is 0 Å². The first kappa shape index (κ1) is 15.6. The molecule has 0 radical (unpaired) electrons. The molecule has 0 heterocycles. The van der Waals surface area contributed by atoms with Crippen molar-refractivity contribution in [2.75, 3.05) is 7.11 Å². The maximum absolute atomic E-state index is 7.00. The van der Waals surface area contributed by atoms with Gasteiger partial charge in [0, 0.05) is 24.2 Å². The van der Waals surface area contributed by atoms with E-state index in [4.69, 9.17) is 5.11 Å². The van der Waals surface area contributed by atoms with Crippen molar-refractivity contribution in [2.24, 2.45) is 0 Å². The summed E-state index contributed by atoms with van der Waals surface area (Å²) in [6, 6.07) is 18.2. The van der Waals surface area contributed by atoms with Gasteiger partial charge in [0.25, 0.3) is 0 Å². The van der Waals surface area contributed by atoms with Crippen molar-refractivity contribution in [3.63, 3.8) is 0 Å². The molecule has 0 saturated heterocycles. The standard InChI is InChI=1S/C6H7.C5H5.CH4O.Fe/c1-6-4-2-3-5-6;1-2-4-5-3-1;1-2;/h2-5H,1H3;1-5H;2H,1H3;/q-1;-5;;. The van der Waals surface area contributed by atoms with Crippen molar-refractivity contribution < 1.29 is 22.2 Å². The molecule has 0 aromatic heterocycles. The van der Waals surface area contributed by atoms with Gasteiger partial charge in [0.2, 0.25) is 0 Å². The molecular weight excluding hydrogens is 216 g/mol. The molecule has 1 nitrogen and oxygen atoms in total. The Bertz CT molecular complexity index is 228. The predicted octanol–water partition coefficient (Wildman–Crippen LogP) is 2.73. The van der Waals surface area contributed by atoms with Gasteiger partial charge in [0.15, 0.2) is 0 Å². The Hall–Kier alpha value is -0.821. The van der Waals surface area contributed by atoms with E-state index in [-0.39, 0.29) is 17.1 Å². The van der Waals surface area contributed by atoms with Crippen molar-refractivity contribution in [3.05, 3.63) is 60.2 Å². The van der Waals surface area contributed by atoms with Crippen LogP contribution in [0.2, 0.25) is 0 Å². The van der Waals surface area contributed by atoms with Crippen LogP contribution in [0, 0.1) is 6.92 Å². The number of aliphatic hydroxyl groups excluding tert-OH is 1. The molecule has 1 N–H and O–H groups in total. The average Bonchev–Trinajstić information content (AvgIpc) is 2.81. The molecule has 2 heteroatoms. The summed E-state index contributed by atoms with van der Waals surface area (Å²) in [5, 5.41) is 7.00. The molecule has 84 valence electrons. The number of rotatable bonds is 0. The number of aliphatic hydroxyl groups is 1. The van der Waals surface area contributed by atoms with Crippen LogP contribution in [0.5, 0.6) is 0 Å². The molecule has 0 aliphatic rings. The van der Waals surface area contributed by atoms with Gasteiger partial charge in [-0.3, -0.25) is 0 Å². The van der Waals surface area contributed by atoms with Gasteiger partial charge in [-0.25, -0.2) is 12.1 Å². The van der Waals surface area contributed by atoms with Gasteiger partial charge >= 0.3 is 0 Å². The Morgan fingerprint density at radius 3 is 1.29 bits per heavy atom. The molecule has 0 saturated carbocycles. The van der Waals surface area contributed by atoms with Crippen LogP contribution in [0.4, 0.5) is 0 Å². The molecule has 2 rings (SSSR count). The molecule has 0 bridgehead atoms. The summed E-state index contributed by atoms with van der Waals surface area (Å²) in [5.41, 5.74) is 1.34. The van der Waals surface area contributed by atoms with Crippen molar-refractivity contribution in [1.82, 2.24) is 0 Å². The zero-order valence-electron chi connectivity index (χ0n) is 8.50.